The molecular formula is C25H33N5. The molecule has 1 fully saturated rings. The van der Waals surface area contributed by atoms with E-state index >= 15 is 0 Å². The summed E-state index contributed by atoms with van der Waals surface area (Å²) in [6.45, 7) is 4.05. The maximum atomic E-state index is 8.90. The Balaban J connectivity index is 1.75. The smallest absolute Gasteiger partial charge is 0.137 e. The number of aryl methyl sites for hydroxylation is 1. The zero-order chi connectivity index (χ0) is 21.3. The van der Waals surface area contributed by atoms with E-state index < -0.39 is 0 Å². The van der Waals surface area contributed by atoms with E-state index in [2.05, 4.69) is 61.0 Å². The number of nitrogens with one attached hydrogen (secondary N) is 1. The molecule has 0 unspecified atom stereocenters. The van der Waals surface area contributed by atoms with Crippen LogP contribution in [0.3, 0.4) is 0 Å². The first-order valence-corrected chi connectivity index (χ1v) is 11.1. The van der Waals surface area contributed by atoms with Crippen LogP contribution in [0.1, 0.15) is 60.8 Å². The standard InChI is InChI=1S/C25H33N5/c1-5-17-14-20(18-8-6-9-18)24-21(26)16-22(28-23(24)15-17)19-10-7-11-27-25(19)30(4)13-12-29(2)3/h7,10-11,14-15,18,26H,5-6,8-9,12-13,16H2,1-4H3. The maximum absolute atomic E-state index is 8.90. The topological polar surface area (TPSA) is 55.6 Å². The van der Waals surface area contributed by atoms with Crippen LogP contribution in [0.5, 0.6) is 0 Å². The van der Waals surface area contributed by atoms with Crippen LogP contribution in [0, 0.1) is 5.41 Å². The summed E-state index contributed by atoms with van der Waals surface area (Å²) in [5.74, 6) is 1.55. The van der Waals surface area contributed by atoms with Gasteiger partial charge in [0.1, 0.15) is 5.82 Å². The molecule has 0 radical (unpaired) electrons. The summed E-state index contributed by atoms with van der Waals surface area (Å²) < 4.78 is 0. The van der Waals surface area contributed by atoms with E-state index in [9.17, 15) is 0 Å². The molecule has 1 saturated carbocycles. The van der Waals surface area contributed by atoms with Gasteiger partial charge in [-0.2, -0.15) is 0 Å². The first kappa shape index (κ1) is 20.7. The number of likely N-dealkylation sites (N-methyl/N-ethyl adjacent to an activating group) is 2. The average Bonchev–Trinajstić information content (AvgIpc) is 2.70. The lowest BCUT2D eigenvalue weighted by Gasteiger charge is -2.31. The Bertz CT molecular complexity index is 971. The van der Waals surface area contributed by atoms with Crippen LogP contribution in [-0.4, -0.2) is 55.5 Å². The zero-order valence-electron chi connectivity index (χ0n) is 18.7. The fraction of sp³-hybridized carbons (Fsp3) is 0.480. The minimum Gasteiger partial charge on any atom is -0.358 e. The number of anilines is 1. The molecule has 0 amide bonds. The van der Waals surface area contributed by atoms with Gasteiger partial charge in [0.2, 0.25) is 0 Å². The molecule has 0 saturated heterocycles. The fourth-order valence-corrected chi connectivity index (χ4v) is 4.35. The van der Waals surface area contributed by atoms with Gasteiger partial charge in [-0.25, -0.2) is 4.98 Å². The number of pyridine rings is 1. The third kappa shape index (κ3) is 4.04. The number of hydrogen-bond donors (Lipinski definition) is 1. The Kier molecular flexibility index (Phi) is 6.00. The van der Waals surface area contributed by atoms with Gasteiger partial charge in [0.15, 0.2) is 0 Å². The van der Waals surface area contributed by atoms with E-state index in [4.69, 9.17) is 10.4 Å². The van der Waals surface area contributed by atoms with E-state index in [1.54, 1.807) is 0 Å². The molecule has 2 aliphatic rings. The normalized spacial score (nSPS) is 16.3. The van der Waals surface area contributed by atoms with Gasteiger partial charge in [-0.05, 0) is 68.6 Å². The molecule has 1 aromatic heterocycles. The van der Waals surface area contributed by atoms with Gasteiger partial charge >= 0.3 is 0 Å². The molecule has 1 N–H and O–H groups in total. The first-order valence-electron chi connectivity index (χ1n) is 11.1. The molecule has 5 heteroatoms. The molecule has 158 valence electrons. The van der Waals surface area contributed by atoms with Crippen LogP contribution in [-0.2, 0) is 6.42 Å². The molecule has 1 aliphatic carbocycles. The second-order valence-corrected chi connectivity index (χ2v) is 8.87. The lowest BCUT2D eigenvalue weighted by atomic mass is 9.75. The Morgan fingerprint density at radius 2 is 1.93 bits per heavy atom. The van der Waals surface area contributed by atoms with Gasteiger partial charge in [0.25, 0.3) is 0 Å². The first-order chi connectivity index (χ1) is 14.5. The van der Waals surface area contributed by atoms with Crippen molar-refractivity contribution in [2.45, 2.75) is 44.9 Å². The highest BCUT2D eigenvalue weighted by molar-refractivity contribution is 6.23. The van der Waals surface area contributed by atoms with E-state index in [-0.39, 0.29) is 0 Å². The molecule has 1 aliphatic heterocycles. The van der Waals surface area contributed by atoms with Crippen molar-refractivity contribution in [1.29, 1.82) is 5.41 Å². The molecule has 0 spiro atoms. The Morgan fingerprint density at radius 1 is 1.13 bits per heavy atom. The number of benzene rings is 1. The number of aliphatic imine (C=N–C) groups is 1. The molecule has 0 bridgehead atoms. The Labute approximate surface area is 180 Å². The summed E-state index contributed by atoms with van der Waals surface area (Å²) in [6.07, 6.45) is 7.20. The van der Waals surface area contributed by atoms with Crippen molar-refractivity contribution in [3.8, 4) is 0 Å². The van der Waals surface area contributed by atoms with Gasteiger partial charge in [0.05, 0.1) is 11.4 Å². The molecular weight excluding hydrogens is 370 g/mol. The number of aromatic nitrogens is 1. The van der Waals surface area contributed by atoms with E-state index in [0.29, 0.717) is 18.1 Å². The van der Waals surface area contributed by atoms with Crippen LogP contribution >= 0.6 is 0 Å². The molecule has 2 heterocycles. The van der Waals surface area contributed by atoms with Crippen LogP contribution in [0.4, 0.5) is 11.5 Å². The highest BCUT2D eigenvalue weighted by atomic mass is 15.2. The SMILES string of the molecule is CCc1cc2c(c(C3CCC3)c1)C(=N)CC(c1cccnc1N(C)CCN(C)C)=N2. The summed E-state index contributed by atoms with van der Waals surface area (Å²) in [4.78, 5) is 14.2. The number of hydrogen-bond acceptors (Lipinski definition) is 5. The summed E-state index contributed by atoms with van der Waals surface area (Å²) in [7, 11) is 6.26. The number of fused-ring (bicyclic) bond motifs is 1. The third-order valence-electron chi connectivity index (χ3n) is 6.40. The molecule has 2 aromatic rings. The number of rotatable bonds is 7. The van der Waals surface area contributed by atoms with Gasteiger partial charge in [-0.1, -0.05) is 19.4 Å². The van der Waals surface area contributed by atoms with Crippen LogP contribution in [0.25, 0.3) is 0 Å². The van der Waals surface area contributed by atoms with Gasteiger partial charge < -0.3 is 15.2 Å². The van der Waals surface area contributed by atoms with Gasteiger partial charge in [0, 0.05) is 49.6 Å². The zero-order valence-corrected chi connectivity index (χ0v) is 18.7. The molecule has 1 aromatic carbocycles. The number of nitrogens with zero attached hydrogens (tertiary/aromatic N) is 4. The van der Waals surface area contributed by atoms with Crippen molar-refractivity contribution >= 4 is 22.9 Å². The maximum Gasteiger partial charge on any atom is 0.137 e. The van der Waals surface area contributed by atoms with Crippen molar-refractivity contribution < 1.29 is 0 Å². The third-order valence-corrected chi connectivity index (χ3v) is 6.40. The summed E-state index contributed by atoms with van der Waals surface area (Å²) in [5, 5.41) is 8.90. The summed E-state index contributed by atoms with van der Waals surface area (Å²) in [5.41, 5.74) is 7.45. The monoisotopic (exact) mass is 403 g/mol. The minimum atomic E-state index is 0.568. The van der Waals surface area contributed by atoms with Crippen LogP contribution < -0.4 is 4.90 Å². The Morgan fingerprint density at radius 3 is 2.60 bits per heavy atom. The second kappa shape index (κ2) is 8.68. The highest BCUT2D eigenvalue weighted by Gasteiger charge is 2.29. The van der Waals surface area contributed by atoms with Crippen molar-refractivity contribution in [2.24, 2.45) is 4.99 Å². The van der Waals surface area contributed by atoms with E-state index in [0.717, 1.165) is 47.9 Å². The van der Waals surface area contributed by atoms with Crippen molar-refractivity contribution in [3.05, 3.63) is 52.7 Å². The van der Waals surface area contributed by atoms with Gasteiger partial charge in [-0.3, -0.25) is 4.99 Å². The minimum absolute atomic E-state index is 0.568. The highest BCUT2D eigenvalue weighted by Crippen LogP contribution is 2.43. The average molecular weight is 404 g/mol. The fourth-order valence-electron chi connectivity index (χ4n) is 4.35. The van der Waals surface area contributed by atoms with Crippen molar-refractivity contribution in [2.75, 3.05) is 39.1 Å². The molecule has 5 nitrogen and oxygen atoms in total. The summed E-state index contributed by atoms with van der Waals surface area (Å²) in [6, 6.07) is 8.60. The molecule has 30 heavy (non-hydrogen) atoms. The lowest BCUT2D eigenvalue weighted by Crippen LogP contribution is -2.30. The molecule has 4 rings (SSSR count). The van der Waals surface area contributed by atoms with Crippen molar-refractivity contribution in [1.82, 2.24) is 9.88 Å². The van der Waals surface area contributed by atoms with E-state index in [1.807, 2.05) is 12.3 Å². The van der Waals surface area contributed by atoms with Crippen molar-refractivity contribution in [3.63, 3.8) is 0 Å². The summed E-state index contributed by atoms with van der Waals surface area (Å²) >= 11 is 0. The van der Waals surface area contributed by atoms with Gasteiger partial charge in [-0.15, -0.1) is 0 Å². The molecule has 0 atom stereocenters. The Hall–Kier alpha value is -2.53. The van der Waals surface area contributed by atoms with Crippen LogP contribution in [0.15, 0.2) is 35.5 Å². The lowest BCUT2D eigenvalue weighted by molar-refractivity contribution is 0.416. The van der Waals surface area contributed by atoms with E-state index in [1.165, 1.54) is 30.4 Å². The largest absolute Gasteiger partial charge is 0.358 e. The van der Waals surface area contributed by atoms with Crippen LogP contribution in [0.2, 0.25) is 0 Å². The quantitative estimate of drug-likeness (QED) is 0.722. The predicted molar refractivity (Wildman–Crippen MR) is 126 cm³/mol. The predicted octanol–water partition coefficient (Wildman–Crippen LogP) is 4.80. The second-order valence-electron chi connectivity index (χ2n) is 8.87.